The Kier molecular flexibility index (Phi) is 2.71. The van der Waals surface area contributed by atoms with Gasteiger partial charge in [0.25, 0.3) is 0 Å². The molecular formula is C12H16N6. The molecule has 0 aromatic carbocycles. The lowest BCUT2D eigenvalue weighted by Crippen LogP contribution is -2.31. The lowest BCUT2D eigenvalue weighted by molar-refractivity contribution is 0.240. The second-order valence-corrected chi connectivity index (χ2v) is 4.64. The van der Waals surface area contributed by atoms with E-state index >= 15 is 0 Å². The molecule has 3 heterocycles. The van der Waals surface area contributed by atoms with Crippen molar-refractivity contribution in [3.05, 3.63) is 35.2 Å². The molecule has 0 fully saturated rings. The normalized spacial score (nSPS) is 15.6. The Labute approximate surface area is 105 Å². The number of nitrogens with one attached hydrogen (secondary N) is 1. The predicted octanol–water partition coefficient (Wildman–Crippen LogP) is 0.649. The van der Waals surface area contributed by atoms with Gasteiger partial charge in [-0.3, -0.25) is 4.90 Å². The van der Waals surface area contributed by atoms with Crippen LogP contribution < -0.4 is 5.73 Å². The van der Waals surface area contributed by atoms with E-state index in [-0.39, 0.29) is 0 Å². The summed E-state index contributed by atoms with van der Waals surface area (Å²) in [5.41, 5.74) is 10.1. The van der Waals surface area contributed by atoms with Crippen LogP contribution in [0, 0.1) is 6.92 Å². The highest BCUT2D eigenvalue weighted by Crippen LogP contribution is 2.18. The zero-order valence-corrected chi connectivity index (χ0v) is 10.3. The molecule has 0 spiro atoms. The monoisotopic (exact) mass is 244 g/mol. The van der Waals surface area contributed by atoms with Gasteiger partial charge in [0.05, 0.1) is 17.7 Å². The molecule has 0 saturated heterocycles. The van der Waals surface area contributed by atoms with Crippen LogP contribution in [0.2, 0.25) is 0 Å². The van der Waals surface area contributed by atoms with Crippen LogP contribution in [0.25, 0.3) is 0 Å². The standard InChI is InChI=1S/C12H16N6/c1-8-11(16-7-15-8)6-18-3-2-10-9(5-18)4-14-12(13)17-10/h4,7H,2-3,5-6H2,1H3,(H,15,16)(H2,13,14,17). The maximum absolute atomic E-state index is 5.60. The molecule has 6 heteroatoms. The number of nitrogens with two attached hydrogens (primary N) is 1. The molecule has 0 aliphatic carbocycles. The summed E-state index contributed by atoms with van der Waals surface area (Å²) < 4.78 is 0. The molecule has 2 aromatic heterocycles. The van der Waals surface area contributed by atoms with Crippen molar-refractivity contribution < 1.29 is 0 Å². The van der Waals surface area contributed by atoms with Crippen molar-refractivity contribution in [1.29, 1.82) is 0 Å². The zero-order valence-electron chi connectivity index (χ0n) is 10.3. The second-order valence-electron chi connectivity index (χ2n) is 4.64. The molecule has 0 bridgehead atoms. The molecule has 0 unspecified atom stereocenters. The average molecular weight is 244 g/mol. The molecule has 1 aliphatic rings. The summed E-state index contributed by atoms with van der Waals surface area (Å²) >= 11 is 0. The van der Waals surface area contributed by atoms with E-state index in [4.69, 9.17) is 5.73 Å². The highest BCUT2D eigenvalue weighted by Gasteiger charge is 2.19. The largest absolute Gasteiger partial charge is 0.368 e. The van der Waals surface area contributed by atoms with Crippen LogP contribution >= 0.6 is 0 Å². The van der Waals surface area contributed by atoms with Gasteiger partial charge in [-0.15, -0.1) is 0 Å². The number of imidazole rings is 1. The van der Waals surface area contributed by atoms with Gasteiger partial charge in [0.1, 0.15) is 0 Å². The van der Waals surface area contributed by atoms with E-state index in [1.807, 2.05) is 13.1 Å². The number of nitrogen functional groups attached to an aromatic ring is 1. The van der Waals surface area contributed by atoms with Gasteiger partial charge in [-0.05, 0) is 6.92 Å². The average Bonchev–Trinajstić information content (AvgIpc) is 2.75. The van der Waals surface area contributed by atoms with Gasteiger partial charge >= 0.3 is 0 Å². The smallest absolute Gasteiger partial charge is 0.220 e. The Balaban J connectivity index is 1.75. The maximum Gasteiger partial charge on any atom is 0.220 e. The summed E-state index contributed by atoms with van der Waals surface area (Å²) in [6.45, 7) is 4.75. The van der Waals surface area contributed by atoms with Crippen LogP contribution in [-0.4, -0.2) is 31.4 Å². The topological polar surface area (TPSA) is 83.7 Å². The summed E-state index contributed by atoms with van der Waals surface area (Å²) in [5.74, 6) is 0.366. The van der Waals surface area contributed by atoms with Gasteiger partial charge in [-0.25, -0.2) is 15.0 Å². The van der Waals surface area contributed by atoms with Gasteiger partial charge in [0.2, 0.25) is 5.95 Å². The Morgan fingerprint density at radius 1 is 1.44 bits per heavy atom. The van der Waals surface area contributed by atoms with Crippen LogP contribution in [-0.2, 0) is 19.5 Å². The fourth-order valence-corrected chi connectivity index (χ4v) is 2.28. The highest BCUT2D eigenvalue weighted by atomic mass is 15.2. The third-order valence-corrected chi connectivity index (χ3v) is 3.34. The third-order valence-electron chi connectivity index (χ3n) is 3.34. The van der Waals surface area contributed by atoms with Crippen molar-refractivity contribution in [3.63, 3.8) is 0 Å². The molecular weight excluding hydrogens is 228 g/mol. The molecule has 2 aromatic rings. The number of rotatable bonds is 2. The van der Waals surface area contributed by atoms with Crippen molar-refractivity contribution in [2.75, 3.05) is 12.3 Å². The van der Waals surface area contributed by atoms with Crippen molar-refractivity contribution in [2.45, 2.75) is 26.4 Å². The quantitative estimate of drug-likeness (QED) is 0.810. The number of H-pyrrole nitrogens is 1. The van der Waals surface area contributed by atoms with E-state index < -0.39 is 0 Å². The van der Waals surface area contributed by atoms with Gasteiger partial charge in [-0.2, -0.15) is 0 Å². The number of aryl methyl sites for hydroxylation is 1. The molecule has 1 aliphatic heterocycles. The Morgan fingerprint density at radius 2 is 2.33 bits per heavy atom. The maximum atomic E-state index is 5.60. The number of hydrogen-bond donors (Lipinski definition) is 2. The van der Waals surface area contributed by atoms with Gasteiger partial charge in [0.15, 0.2) is 0 Å². The molecule has 3 N–H and O–H groups in total. The number of anilines is 1. The number of aromatic amines is 1. The summed E-state index contributed by atoms with van der Waals surface area (Å²) in [5, 5.41) is 0. The lowest BCUT2D eigenvalue weighted by Gasteiger charge is -2.27. The minimum Gasteiger partial charge on any atom is -0.368 e. The summed E-state index contributed by atoms with van der Waals surface area (Å²) in [4.78, 5) is 18.1. The summed E-state index contributed by atoms with van der Waals surface area (Å²) in [7, 11) is 0. The SMILES string of the molecule is Cc1[nH]cnc1CN1CCc2nc(N)ncc2C1. The molecule has 94 valence electrons. The molecule has 6 nitrogen and oxygen atoms in total. The zero-order chi connectivity index (χ0) is 12.5. The Bertz CT molecular complexity index is 561. The highest BCUT2D eigenvalue weighted by molar-refractivity contribution is 5.27. The van der Waals surface area contributed by atoms with Crippen LogP contribution in [0.15, 0.2) is 12.5 Å². The van der Waals surface area contributed by atoms with E-state index in [9.17, 15) is 0 Å². The van der Waals surface area contributed by atoms with Gasteiger partial charge in [0, 0.05) is 43.5 Å². The Hall–Kier alpha value is -1.95. The van der Waals surface area contributed by atoms with Crippen molar-refractivity contribution in [2.24, 2.45) is 0 Å². The van der Waals surface area contributed by atoms with Crippen LogP contribution in [0.4, 0.5) is 5.95 Å². The number of fused-ring (bicyclic) bond motifs is 1. The van der Waals surface area contributed by atoms with E-state index in [0.717, 1.165) is 43.1 Å². The fourth-order valence-electron chi connectivity index (χ4n) is 2.28. The van der Waals surface area contributed by atoms with Crippen LogP contribution in [0.5, 0.6) is 0 Å². The fraction of sp³-hybridized carbons (Fsp3) is 0.417. The minimum absolute atomic E-state index is 0.366. The van der Waals surface area contributed by atoms with Crippen molar-refractivity contribution in [3.8, 4) is 0 Å². The van der Waals surface area contributed by atoms with Gasteiger partial charge in [-0.1, -0.05) is 0 Å². The predicted molar refractivity (Wildman–Crippen MR) is 67.6 cm³/mol. The molecule has 18 heavy (non-hydrogen) atoms. The van der Waals surface area contributed by atoms with Crippen LogP contribution in [0.1, 0.15) is 22.6 Å². The minimum atomic E-state index is 0.366. The summed E-state index contributed by atoms with van der Waals surface area (Å²) in [6.07, 6.45) is 4.50. The first kappa shape index (κ1) is 11.2. The first-order valence-electron chi connectivity index (χ1n) is 6.04. The first-order chi connectivity index (χ1) is 8.72. The van der Waals surface area contributed by atoms with Gasteiger partial charge < -0.3 is 10.7 Å². The van der Waals surface area contributed by atoms with E-state index in [0.29, 0.717) is 5.95 Å². The van der Waals surface area contributed by atoms with E-state index in [1.54, 1.807) is 6.33 Å². The number of hydrogen-bond acceptors (Lipinski definition) is 5. The van der Waals surface area contributed by atoms with E-state index in [1.165, 1.54) is 5.56 Å². The second kappa shape index (κ2) is 4.38. The molecule has 0 radical (unpaired) electrons. The summed E-state index contributed by atoms with van der Waals surface area (Å²) in [6, 6.07) is 0. The van der Waals surface area contributed by atoms with E-state index in [2.05, 4.69) is 24.8 Å². The molecule has 3 rings (SSSR count). The molecule has 0 amide bonds. The Morgan fingerprint density at radius 3 is 3.11 bits per heavy atom. The van der Waals surface area contributed by atoms with Crippen LogP contribution in [0.3, 0.4) is 0 Å². The third kappa shape index (κ3) is 2.06. The molecule has 0 atom stereocenters. The van der Waals surface area contributed by atoms with Crippen molar-refractivity contribution >= 4 is 5.95 Å². The number of aromatic nitrogens is 4. The van der Waals surface area contributed by atoms with Crippen molar-refractivity contribution in [1.82, 2.24) is 24.8 Å². The lowest BCUT2D eigenvalue weighted by atomic mass is 10.1. The first-order valence-corrected chi connectivity index (χ1v) is 6.04. The molecule has 0 saturated carbocycles. The number of nitrogens with zero attached hydrogens (tertiary/aromatic N) is 4.